The third-order valence-electron chi connectivity index (χ3n) is 4.06. The Hall–Kier alpha value is -3.14. The van der Waals surface area contributed by atoms with Gasteiger partial charge in [-0.1, -0.05) is 68.3 Å². The van der Waals surface area contributed by atoms with E-state index in [2.05, 4.69) is 10.0 Å². The highest BCUT2D eigenvalue weighted by molar-refractivity contribution is 7.99. The van der Waals surface area contributed by atoms with Crippen LogP contribution in [0.2, 0.25) is 0 Å². The molecule has 1 amide bonds. The van der Waals surface area contributed by atoms with E-state index < -0.39 is 5.97 Å². The molecule has 1 aromatic heterocycles. The molecular formula is C26H32N2O5S2. The number of rotatable bonds is 9. The summed E-state index contributed by atoms with van der Waals surface area (Å²) >= 11 is 2.84. The molecule has 0 aliphatic carbocycles. The maximum absolute atomic E-state index is 12.1. The fourth-order valence-electron chi connectivity index (χ4n) is 2.68. The van der Waals surface area contributed by atoms with Crippen LogP contribution in [0.1, 0.15) is 41.5 Å². The fraction of sp³-hybridized carbons (Fsp3) is 0.269. The van der Waals surface area contributed by atoms with Crippen LogP contribution in [0.15, 0.2) is 60.7 Å². The predicted octanol–water partition coefficient (Wildman–Crippen LogP) is 6.39. The van der Waals surface area contributed by atoms with Crippen LogP contribution in [-0.4, -0.2) is 44.7 Å². The van der Waals surface area contributed by atoms with Crippen LogP contribution in [0.3, 0.4) is 0 Å². The van der Waals surface area contributed by atoms with Gasteiger partial charge in [0.1, 0.15) is 17.9 Å². The zero-order valence-electron chi connectivity index (χ0n) is 20.6. The molecule has 0 atom stereocenters. The van der Waals surface area contributed by atoms with Gasteiger partial charge in [0, 0.05) is 29.5 Å². The molecule has 0 saturated heterocycles. The first-order chi connectivity index (χ1) is 17.0. The Kier molecular flexibility index (Phi) is 14.8. The van der Waals surface area contributed by atoms with Crippen LogP contribution < -0.4 is 10.0 Å². The Bertz CT molecular complexity index is 1050. The van der Waals surface area contributed by atoms with E-state index in [-0.39, 0.29) is 19.1 Å². The molecule has 0 fully saturated rings. The quantitative estimate of drug-likeness (QED) is 0.193. The highest BCUT2D eigenvalue weighted by Crippen LogP contribution is 2.35. The van der Waals surface area contributed by atoms with Gasteiger partial charge < -0.3 is 19.5 Å². The lowest BCUT2D eigenvalue weighted by Gasteiger charge is -2.05. The van der Waals surface area contributed by atoms with Crippen molar-refractivity contribution in [2.45, 2.75) is 20.8 Å². The number of hydrogen-bond donors (Lipinski definition) is 2. The van der Waals surface area contributed by atoms with Gasteiger partial charge in [-0.25, -0.2) is 4.79 Å². The monoisotopic (exact) mass is 516 g/mol. The second-order valence-corrected chi connectivity index (χ2v) is 8.14. The summed E-state index contributed by atoms with van der Waals surface area (Å²) in [7, 11) is 1.44. The average Bonchev–Trinajstić information content (AvgIpc) is 3.30. The molecule has 0 unspecified atom stereocenters. The summed E-state index contributed by atoms with van der Waals surface area (Å²) in [4.78, 5) is 35.0. The number of amides is 1. The smallest absolute Gasteiger partial charge is 0.341 e. The van der Waals surface area contributed by atoms with E-state index in [1.54, 1.807) is 19.1 Å². The Morgan fingerprint density at radius 2 is 1.77 bits per heavy atom. The van der Waals surface area contributed by atoms with Crippen molar-refractivity contribution in [2.75, 3.05) is 36.6 Å². The zero-order valence-corrected chi connectivity index (χ0v) is 22.3. The molecule has 0 spiro atoms. The van der Waals surface area contributed by atoms with Crippen molar-refractivity contribution in [1.29, 1.82) is 0 Å². The number of hydrogen-bond acceptors (Lipinski definition) is 8. The maximum Gasteiger partial charge on any atom is 0.341 e. The molecule has 0 aliphatic heterocycles. The van der Waals surface area contributed by atoms with E-state index in [9.17, 15) is 14.4 Å². The van der Waals surface area contributed by atoms with Crippen molar-refractivity contribution in [1.82, 2.24) is 0 Å². The van der Waals surface area contributed by atoms with E-state index >= 15 is 0 Å². The van der Waals surface area contributed by atoms with Gasteiger partial charge in [-0.2, -0.15) is 0 Å². The van der Waals surface area contributed by atoms with Gasteiger partial charge in [0.25, 0.3) is 5.91 Å². The summed E-state index contributed by atoms with van der Waals surface area (Å²) in [6.07, 6.45) is 2.78. The van der Waals surface area contributed by atoms with Crippen molar-refractivity contribution in [2.24, 2.45) is 0 Å². The molecule has 35 heavy (non-hydrogen) atoms. The van der Waals surface area contributed by atoms with E-state index in [4.69, 9.17) is 9.47 Å². The molecule has 188 valence electrons. The summed E-state index contributed by atoms with van der Waals surface area (Å²) in [5.41, 5.74) is 2.99. The van der Waals surface area contributed by atoms with Crippen molar-refractivity contribution in [3.63, 3.8) is 0 Å². The molecule has 3 rings (SSSR count). The minimum atomic E-state index is -0.450. The van der Waals surface area contributed by atoms with E-state index in [1.807, 2.05) is 68.6 Å². The second-order valence-electron chi connectivity index (χ2n) is 6.47. The van der Waals surface area contributed by atoms with Gasteiger partial charge >= 0.3 is 5.97 Å². The van der Waals surface area contributed by atoms with Crippen LogP contribution in [0.25, 0.3) is 10.4 Å². The molecule has 0 aliphatic rings. The lowest BCUT2D eigenvalue weighted by Crippen LogP contribution is -2.18. The second kappa shape index (κ2) is 17.3. The third-order valence-corrected chi connectivity index (χ3v) is 5.60. The van der Waals surface area contributed by atoms with Gasteiger partial charge in [0.05, 0.1) is 12.2 Å². The number of ether oxygens (including phenoxy) is 2. The highest BCUT2D eigenvalue weighted by Gasteiger charge is 2.19. The number of anilines is 2. The van der Waals surface area contributed by atoms with Crippen LogP contribution in [0.5, 0.6) is 0 Å². The zero-order chi connectivity index (χ0) is 26.1. The SMILES string of the molecule is CC.CCOC(=O)c1cc(-c2ccccc2)sc1NC(=O)COC.CSNc1cccc(C=O)c1. The van der Waals surface area contributed by atoms with Gasteiger partial charge in [-0.15, -0.1) is 11.3 Å². The van der Waals surface area contributed by atoms with Crippen LogP contribution in [0, 0.1) is 0 Å². The summed E-state index contributed by atoms with van der Waals surface area (Å²) in [6.45, 7) is 5.95. The van der Waals surface area contributed by atoms with Gasteiger partial charge in [0.2, 0.25) is 0 Å². The van der Waals surface area contributed by atoms with Crippen LogP contribution >= 0.6 is 23.3 Å². The van der Waals surface area contributed by atoms with Crippen molar-refractivity contribution < 1.29 is 23.9 Å². The fourth-order valence-corrected chi connectivity index (χ4v) is 4.11. The number of methoxy groups -OCH3 is 1. The minimum Gasteiger partial charge on any atom is -0.462 e. The van der Waals surface area contributed by atoms with Gasteiger partial charge in [0.15, 0.2) is 0 Å². The Morgan fingerprint density at radius 1 is 1.06 bits per heavy atom. The van der Waals surface area contributed by atoms with Crippen LogP contribution in [0.4, 0.5) is 10.7 Å². The summed E-state index contributed by atoms with van der Waals surface area (Å²) in [5, 5.41) is 3.17. The lowest BCUT2D eigenvalue weighted by molar-refractivity contribution is -0.119. The molecule has 1 heterocycles. The van der Waals surface area contributed by atoms with Gasteiger partial charge in [-0.3, -0.25) is 9.59 Å². The normalized spacial score (nSPS) is 9.51. The van der Waals surface area contributed by atoms with E-state index in [0.717, 1.165) is 22.4 Å². The lowest BCUT2D eigenvalue weighted by atomic mass is 10.1. The molecule has 3 aromatic rings. The average molecular weight is 517 g/mol. The molecule has 2 N–H and O–H groups in total. The molecular weight excluding hydrogens is 484 g/mol. The Labute approximate surface area is 215 Å². The standard InChI is InChI=1S/C16H17NO4S.C8H9NOS.C2H6/c1-3-21-16(19)12-9-13(11-7-5-4-6-8-11)22-15(12)17-14(18)10-20-2;1-11-9-8-4-2-3-7(5-8)6-10;1-2/h4-9H,3,10H2,1-2H3,(H,17,18);2-6,9H,1H3;1-2H3. The highest BCUT2D eigenvalue weighted by atomic mass is 32.2. The number of esters is 1. The van der Waals surface area contributed by atoms with Crippen molar-refractivity contribution in [3.05, 3.63) is 71.8 Å². The largest absolute Gasteiger partial charge is 0.462 e. The first kappa shape index (κ1) is 29.9. The Morgan fingerprint density at radius 3 is 2.37 bits per heavy atom. The first-order valence-electron chi connectivity index (χ1n) is 11.0. The Balaban J connectivity index is 0.000000395. The summed E-state index contributed by atoms with van der Waals surface area (Å²) in [5.74, 6) is -0.761. The van der Waals surface area contributed by atoms with Crippen LogP contribution in [-0.2, 0) is 14.3 Å². The molecule has 0 radical (unpaired) electrons. The summed E-state index contributed by atoms with van der Waals surface area (Å²) < 4.78 is 12.9. The van der Waals surface area contributed by atoms with Crippen molar-refractivity contribution >= 4 is 52.1 Å². The summed E-state index contributed by atoms with van der Waals surface area (Å²) in [6, 6.07) is 18.7. The molecule has 0 bridgehead atoms. The topological polar surface area (TPSA) is 93.7 Å². The maximum atomic E-state index is 12.1. The number of nitrogens with one attached hydrogen (secondary N) is 2. The van der Waals surface area contributed by atoms with Gasteiger partial charge in [-0.05, 0) is 30.7 Å². The molecule has 2 aromatic carbocycles. The molecule has 0 saturated carbocycles. The third kappa shape index (κ3) is 10.3. The molecule has 9 heteroatoms. The van der Waals surface area contributed by atoms with E-state index in [0.29, 0.717) is 16.1 Å². The minimum absolute atomic E-state index is 0.0686. The first-order valence-corrected chi connectivity index (χ1v) is 13.1. The number of aldehydes is 1. The predicted molar refractivity (Wildman–Crippen MR) is 147 cm³/mol. The number of carbonyl (C=O) groups is 3. The number of carbonyl (C=O) groups excluding carboxylic acids is 3. The van der Waals surface area contributed by atoms with E-state index in [1.165, 1.54) is 30.4 Å². The number of thiophene rings is 1. The molecule has 7 nitrogen and oxygen atoms in total. The number of benzene rings is 2. The van der Waals surface area contributed by atoms with Crippen molar-refractivity contribution in [3.8, 4) is 10.4 Å².